The van der Waals surface area contributed by atoms with E-state index >= 15 is 0 Å². The summed E-state index contributed by atoms with van der Waals surface area (Å²) in [5.74, 6) is 0.940. The summed E-state index contributed by atoms with van der Waals surface area (Å²) in [4.78, 5) is 0. The number of rotatable bonds is 6. The molecule has 1 aliphatic heterocycles. The molecule has 1 heterocycles. The Morgan fingerprint density at radius 2 is 2.11 bits per heavy atom. The molecule has 2 rings (SSSR count). The second-order valence-corrected chi connectivity index (χ2v) is 6.72. The number of benzene rings is 1. The van der Waals surface area contributed by atoms with Gasteiger partial charge in [-0.05, 0) is 37.0 Å². The quantitative estimate of drug-likeness (QED) is 0.580. The highest BCUT2D eigenvalue weighted by Crippen LogP contribution is 2.20. The summed E-state index contributed by atoms with van der Waals surface area (Å²) in [6.07, 6.45) is 5.91. The van der Waals surface area contributed by atoms with Crippen molar-refractivity contribution in [2.45, 2.75) is 51.0 Å². The first-order valence-corrected chi connectivity index (χ1v) is 9.67. The van der Waals surface area contributed by atoms with Crippen LogP contribution in [0.5, 0.6) is 5.75 Å². The predicted octanol–water partition coefficient (Wildman–Crippen LogP) is 3.16. The van der Waals surface area contributed by atoms with E-state index in [1.165, 1.54) is 37.3 Å². The molecule has 2 nitrogen and oxygen atoms in total. The normalized spacial score (nSPS) is 20.4. The summed E-state index contributed by atoms with van der Waals surface area (Å²) in [6.45, 7) is 3.21. The molecule has 1 aromatic rings. The van der Waals surface area contributed by atoms with Crippen molar-refractivity contribution in [2.75, 3.05) is 6.61 Å². The van der Waals surface area contributed by atoms with Crippen LogP contribution in [-0.2, 0) is 11.2 Å². The molecule has 0 aromatic heterocycles. The molecule has 0 radical (unpaired) electrons. The van der Waals surface area contributed by atoms with Gasteiger partial charge in [-0.25, -0.2) is 0 Å². The maximum absolute atomic E-state index is 5.82. The summed E-state index contributed by atoms with van der Waals surface area (Å²) in [7, 11) is 0.231. The van der Waals surface area contributed by atoms with Crippen LogP contribution in [0.15, 0.2) is 24.3 Å². The van der Waals surface area contributed by atoms with E-state index < -0.39 is 0 Å². The monoisotopic (exact) mass is 264 g/mol. The molecule has 0 aliphatic carbocycles. The molecule has 100 valence electrons. The SMILES string of the molecule is C[SiH2]CCCc1ccc(OC2CCCCO2)cc1. The summed E-state index contributed by atoms with van der Waals surface area (Å²) in [5, 5.41) is 0. The molecule has 1 atom stereocenters. The Bertz CT molecular complexity index is 331. The van der Waals surface area contributed by atoms with Crippen LogP contribution < -0.4 is 4.74 Å². The van der Waals surface area contributed by atoms with Crippen molar-refractivity contribution >= 4 is 9.52 Å². The van der Waals surface area contributed by atoms with E-state index in [4.69, 9.17) is 9.47 Å². The lowest BCUT2D eigenvalue weighted by Crippen LogP contribution is -2.24. The number of aryl methyl sites for hydroxylation is 1. The Kier molecular flexibility index (Phi) is 5.75. The summed E-state index contributed by atoms with van der Waals surface area (Å²) >= 11 is 0. The van der Waals surface area contributed by atoms with Crippen LogP contribution in [0.2, 0.25) is 12.6 Å². The van der Waals surface area contributed by atoms with Crippen molar-refractivity contribution in [2.24, 2.45) is 0 Å². The highest BCUT2D eigenvalue weighted by Gasteiger charge is 2.14. The van der Waals surface area contributed by atoms with Gasteiger partial charge in [0.1, 0.15) is 5.75 Å². The largest absolute Gasteiger partial charge is 0.465 e. The Morgan fingerprint density at radius 1 is 1.28 bits per heavy atom. The zero-order chi connectivity index (χ0) is 12.6. The molecule has 0 bridgehead atoms. The second kappa shape index (κ2) is 7.59. The second-order valence-electron chi connectivity index (χ2n) is 5.02. The lowest BCUT2D eigenvalue weighted by atomic mass is 10.1. The fourth-order valence-electron chi connectivity index (χ4n) is 2.27. The first-order chi connectivity index (χ1) is 8.88. The van der Waals surface area contributed by atoms with Crippen LogP contribution in [0.3, 0.4) is 0 Å². The zero-order valence-electron chi connectivity index (χ0n) is 11.4. The van der Waals surface area contributed by atoms with Gasteiger partial charge in [0, 0.05) is 15.9 Å². The molecular formula is C15H24O2Si. The van der Waals surface area contributed by atoms with Crippen LogP contribution in [0.4, 0.5) is 0 Å². The van der Waals surface area contributed by atoms with Crippen LogP contribution in [0.1, 0.15) is 31.2 Å². The van der Waals surface area contributed by atoms with Gasteiger partial charge in [-0.15, -0.1) is 0 Å². The van der Waals surface area contributed by atoms with E-state index in [0.29, 0.717) is 0 Å². The number of hydrogen-bond donors (Lipinski definition) is 0. The molecule has 3 heteroatoms. The van der Waals surface area contributed by atoms with Gasteiger partial charge < -0.3 is 9.47 Å². The standard InChI is InChI=1S/C15H24O2Si/c1-18-12-4-5-13-7-9-14(10-8-13)17-15-6-2-3-11-16-15/h7-10,15H,2-6,11-12,18H2,1H3. The predicted molar refractivity (Wildman–Crippen MR) is 78.2 cm³/mol. The molecule has 0 N–H and O–H groups in total. The molecule has 1 unspecified atom stereocenters. The van der Waals surface area contributed by atoms with Gasteiger partial charge in [0.25, 0.3) is 0 Å². The first kappa shape index (κ1) is 13.6. The third-order valence-corrected chi connectivity index (χ3v) is 4.60. The Labute approximate surface area is 113 Å². The number of hydrogen-bond acceptors (Lipinski definition) is 2. The van der Waals surface area contributed by atoms with E-state index in [1.807, 2.05) is 0 Å². The van der Waals surface area contributed by atoms with Crippen LogP contribution in [-0.4, -0.2) is 22.4 Å². The Morgan fingerprint density at radius 3 is 2.78 bits per heavy atom. The molecule has 18 heavy (non-hydrogen) atoms. The van der Waals surface area contributed by atoms with Crippen molar-refractivity contribution in [1.82, 2.24) is 0 Å². The minimum absolute atomic E-state index is 0.0318. The molecule has 1 saturated heterocycles. The van der Waals surface area contributed by atoms with Gasteiger partial charge in [0.15, 0.2) is 6.29 Å². The summed E-state index contributed by atoms with van der Waals surface area (Å²) < 4.78 is 11.4. The maximum Gasteiger partial charge on any atom is 0.199 e. The van der Waals surface area contributed by atoms with E-state index in [9.17, 15) is 0 Å². The smallest absolute Gasteiger partial charge is 0.199 e. The first-order valence-electron chi connectivity index (χ1n) is 7.25. The lowest BCUT2D eigenvalue weighted by molar-refractivity contribution is -0.105. The molecular weight excluding hydrogens is 240 g/mol. The minimum Gasteiger partial charge on any atom is -0.465 e. The minimum atomic E-state index is -0.0318. The summed E-state index contributed by atoms with van der Waals surface area (Å²) in [6, 6.07) is 9.99. The van der Waals surface area contributed by atoms with E-state index in [1.54, 1.807) is 0 Å². The Hall–Kier alpha value is -0.803. The van der Waals surface area contributed by atoms with Gasteiger partial charge in [0.05, 0.1) is 6.61 Å². The van der Waals surface area contributed by atoms with Gasteiger partial charge in [-0.2, -0.15) is 0 Å². The third-order valence-electron chi connectivity index (χ3n) is 3.40. The average Bonchev–Trinajstić information content (AvgIpc) is 2.42. The fraction of sp³-hybridized carbons (Fsp3) is 0.600. The lowest BCUT2D eigenvalue weighted by Gasteiger charge is -2.23. The summed E-state index contributed by atoms with van der Waals surface area (Å²) in [5.41, 5.74) is 1.43. The maximum atomic E-state index is 5.82. The highest BCUT2D eigenvalue weighted by atomic mass is 28.2. The zero-order valence-corrected chi connectivity index (χ0v) is 12.8. The molecule has 1 fully saturated rings. The molecule has 1 aromatic carbocycles. The van der Waals surface area contributed by atoms with Gasteiger partial charge in [0.2, 0.25) is 0 Å². The van der Waals surface area contributed by atoms with Crippen molar-refractivity contribution in [1.29, 1.82) is 0 Å². The molecule has 1 aliphatic rings. The van der Waals surface area contributed by atoms with E-state index in [2.05, 4.69) is 30.8 Å². The van der Waals surface area contributed by atoms with Crippen molar-refractivity contribution in [3.8, 4) is 5.75 Å². The Balaban J connectivity index is 1.79. The van der Waals surface area contributed by atoms with Crippen molar-refractivity contribution in [3.63, 3.8) is 0 Å². The van der Waals surface area contributed by atoms with E-state index in [0.717, 1.165) is 18.8 Å². The fourth-order valence-corrected chi connectivity index (χ4v) is 3.02. The van der Waals surface area contributed by atoms with Gasteiger partial charge in [-0.1, -0.05) is 31.1 Å². The van der Waals surface area contributed by atoms with Crippen LogP contribution in [0.25, 0.3) is 0 Å². The average molecular weight is 264 g/mol. The molecule has 0 spiro atoms. The topological polar surface area (TPSA) is 18.5 Å². The highest BCUT2D eigenvalue weighted by molar-refractivity contribution is 6.33. The van der Waals surface area contributed by atoms with Gasteiger partial charge >= 0.3 is 0 Å². The van der Waals surface area contributed by atoms with Crippen molar-refractivity contribution < 1.29 is 9.47 Å². The van der Waals surface area contributed by atoms with E-state index in [-0.39, 0.29) is 15.8 Å². The van der Waals surface area contributed by atoms with Crippen LogP contribution >= 0.6 is 0 Å². The van der Waals surface area contributed by atoms with Crippen LogP contribution in [0, 0.1) is 0 Å². The molecule has 0 amide bonds. The van der Waals surface area contributed by atoms with Crippen molar-refractivity contribution in [3.05, 3.63) is 29.8 Å². The molecule has 0 saturated carbocycles. The number of ether oxygens (including phenoxy) is 2. The third kappa shape index (κ3) is 4.46. The van der Waals surface area contributed by atoms with Gasteiger partial charge in [-0.3, -0.25) is 0 Å².